The second-order valence-corrected chi connectivity index (χ2v) is 17.5. The average Bonchev–Trinajstić information content (AvgIpc) is 3.84. The number of aryl methyl sites for hydroxylation is 1. The number of aromatic nitrogens is 1. The van der Waals surface area contributed by atoms with E-state index >= 15 is 0 Å². The molecule has 2 aliphatic carbocycles. The van der Waals surface area contributed by atoms with Gasteiger partial charge >= 0.3 is 0 Å². The van der Waals surface area contributed by atoms with Gasteiger partial charge in [-0.25, -0.2) is 17.7 Å². The summed E-state index contributed by atoms with van der Waals surface area (Å²) in [5, 5.41) is 0. The summed E-state index contributed by atoms with van der Waals surface area (Å²) in [6, 6.07) is 28.1. The van der Waals surface area contributed by atoms with E-state index in [2.05, 4.69) is 43.0 Å². The van der Waals surface area contributed by atoms with Crippen molar-refractivity contribution < 1.29 is 22.4 Å². The first-order valence-corrected chi connectivity index (χ1v) is 19.7. The number of ether oxygens (including phenoxy) is 1. The number of rotatable bonds is 10. The summed E-state index contributed by atoms with van der Waals surface area (Å²) in [7, 11) is -3.69. The number of carbonyl (C=O) groups excluding carboxylic acids is 1. The molecule has 3 heterocycles. The molecule has 3 aromatic carbocycles. The third-order valence-electron chi connectivity index (χ3n) is 12.6. The lowest BCUT2D eigenvalue weighted by atomic mass is 9.69. The molecule has 1 aromatic heterocycles. The van der Waals surface area contributed by atoms with Gasteiger partial charge in [-0.05, 0) is 85.3 Å². The molecule has 2 saturated carbocycles. The molecular formula is C41H47N3O5S. The number of hydrogen-bond donors (Lipinski definition) is 0. The Balaban J connectivity index is 0.987. The Morgan fingerprint density at radius 3 is 2.48 bits per heavy atom. The minimum atomic E-state index is -3.69. The van der Waals surface area contributed by atoms with Crippen molar-refractivity contribution in [1.82, 2.24) is 14.2 Å². The fourth-order valence-electron chi connectivity index (χ4n) is 9.86. The smallest absolute Gasteiger partial charge is 0.241 e. The second-order valence-electron chi connectivity index (χ2n) is 15.6. The predicted octanol–water partition coefficient (Wildman–Crippen LogP) is 6.93. The van der Waals surface area contributed by atoms with Crippen molar-refractivity contribution in [2.75, 3.05) is 25.4 Å². The van der Waals surface area contributed by atoms with Crippen LogP contribution in [0.15, 0.2) is 89.3 Å². The Kier molecular flexibility index (Phi) is 8.42. The zero-order valence-corrected chi connectivity index (χ0v) is 30.1. The van der Waals surface area contributed by atoms with Crippen LogP contribution in [0.1, 0.15) is 55.7 Å². The molecule has 2 unspecified atom stereocenters. The molecule has 4 fully saturated rings. The van der Waals surface area contributed by atoms with Crippen LogP contribution in [-0.2, 0) is 34.2 Å². The molecule has 2 saturated heterocycles. The molecule has 9 heteroatoms. The van der Waals surface area contributed by atoms with Gasteiger partial charge in [-0.1, -0.05) is 74.5 Å². The first kappa shape index (κ1) is 33.2. The molecule has 1 spiro atoms. The molecule has 2 aliphatic heterocycles. The monoisotopic (exact) mass is 693 g/mol. The van der Waals surface area contributed by atoms with Crippen molar-refractivity contribution in [1.29, 1.82) is 0 Å². The normalized spacial score (nSPS) is 27.9. The highest BCUT2D eigenvalue weighted by Crippen LogP contribution is 2.70. The van der Waals surface area contributed by atoms with E-state index in [4.69, 9.17) is 14.1 Å². The molecule has 4 aliphatic rings. The van der Waals surface area contributed by atoms with Gasteiger partial charge in [0, 0.05) is 37.0 Å². The van der Waals surface area contributed by atoms with Crippen LogP contribution in [0.4, 0.5) is 0 Å². The first-order chi connectivity index (χ1) is 24.0. The zero-order valence-electron chi connectivity index (χ0n) is 29.3. The summed E-state index contributed by atoms with van der Waals surface area (Å²) in [5.74, 6) is 2.13. The maximum atomic E-state index is 14.6. The number of fused-ring (bicyclic) bond motifs is 1. The summed E-state index contributed by atoms with van der Waals surface area (Å²) in [6.07, 6.45) is 4.03. The lowest BCUT2D eigenvalue weighted by Gasteiger charge is -2.37. The number of amides is 1. The summed E-state index contributed by atoms with van der Waals surface area (Å²) in [5.41, 5.74) is 3.69. The number of likely N-dealkylation sites (tertiary alicyclic amines) is 1. The fraction of sp³-hybridized carbons (Fsp3) is 0.463. The third-order valence-corrected chi connectivity index (χ3v) is 14.5. The van der Waals surface area contributed by atoms with E-state index in [1.54, 1.807) is 0 Å². The van der Waals surface area contributed by atoms with Crippen LogP contribution in [0.3, 0.4) is 0 Å². The Labute approximate surface area is 295 Å². The first-order valence-electron chi connectivity index (χ1n) is 18.1. The molecule has 0 N–H and O–H groups in total. The number of benzene rings is 3. The van der Waals surface area contributed by atoms with Crippen LogP contribution in [0.25, 0.3) is 11.5 Å². The molecule has 2 bridgehead atoms. The van der Waals surface area contributed by atoms with Crippen LogP contribution in [-0.4, -0.2) is 60.0 Å². The van der Waals surface area contributed by atoms with Crippen molar-refractivity contribution in [2.24, 2.45) is 28.6 Å². The predicted molar refractivity (Wildman–Crippen MR) is 193 cm³/mol. The molecule has 4 aromatic rings. The van der Waals surface area contributed by atoms with Gasteiger partial charge in [-0.15, -0.1) is 0 Å². The van der Waals surface area contributed by atoms with Gasteiger partial charge in [0.15, 0.2) is 0 Å². The highest BCUT2D eigenvalue weighted by atomic mass is 32.2. The summed E-state index contributed by atoms with van der Waals surface area (Å²) < 4.78 is 41.3. The SMILES string of the molecule is Cc1oc(-c2ccccc2)nc1CCOc1cccc(C[C@H]2CN(Cc3ccccc3)C[C@H]2C(=O)N2C3CC4CC[C@]3(CS2(=O)=O)C4(C)C)c1. The maximum Gasteiger partial charge on any atom is 0.241 e. The van der Waals surface area contributed by atoms with Gasteiger partial charge in [0.25, 0.3) is 0 Å². The molecular weight excluding hydrogens is 647 g/mol. The van der Waals surface area contributed by atoms with Crippen molar-refractivity contribution in [3.05, 3.63) is 108 Å². The Bertz CT molecular complexity index is 1980. The summed E-state index contributed by atoms with van der Waals surface area (Å²) in [6.45, 7) is 8.86. The van der Waals surface area contributed by atoms with Crippen molar-refractivity contribution in [3.63, 3.8) is 0 Å². The van der Waals surface area contributed by atoms with Gasteiger partial charge in [-0.3, -0.25) is 9.69 Å². The molecule has 1 amide bonds. The lowest BCUT2D eigenvalue weighted by molar-refractivity contribution is -0.134. The van der Waals surface area contributed by atoms with E-state index in [0.29, 0.717) is 37.8 Å². The Morgan fingerprint density at radius 2 is 1.72 bits per heavy atom. The second kappa shape index (κ2) is 12.7. The number of hydrogen-bond acceptors (Lipinski definition) is 7. The molecule has 0 radical (unpaired) electrons. The van der Waals surface area contributed by atoms with Gasteiger partial charge in [-0.2, -0.15) is 0 Å². The van der Waals surface area contributed by atoms with Crippen LogP contribution in [0.2, 0.25) is 0 Å². The van der Waals surface area contributed by atoms with Gasteiger partial charge < -0.3 is 9.15 Å². The van der Waals surface area contributed by atoms with Crippen LogP contribution >= 0.6 is 0 Å². The Morgan fingerprint density at radius 1 is 0.980 bits per heavy atom. The number of carbonyl (C=O) groups is 1. The fourth-order valence-corrected chi connectivity index (χ4v) is 12.4. The molecule has 262 valence electrons. The largest absolute Gasteiger partial charge is 0.493 e. The minimum absolute atomic E-state index is 0.0194. The van der Waals surface area contributed by atoms with E-state index in [-0.39, 0.29) is 34.4 Å². The van der Waals surface area contributed by atoms with E-state index < -0.39 is 15.9 Å². The van der Waals surface area contributed by atoms with E-state index in [9.17, 15) is 13.2 Å². The summed E-state index contributed by atoms with van der Waals surface area (Å²) >= 11 is 0. The van der Waals surface area contributed by atoms with Crippen LogP contribution < -0.4 is 4.74 Å². The topological polar surface area (TPSA) is 93.0 Å². The highest BCUT2D eigenvalue weighted by Gasteiger charge is 2.72. The van der Waals surface area contributed by atoms with Crippen LogP contribution in [0, 0.1) is 35.5 Å². The number of sulfonamides is 1. The van der Waals surface area contributed by atoms with E-state index in [1.807, 2.05) is 67.6 Å². The standard InChI is InChI=1S/C41H47N3O5S/c1-28-36(42-38(49-28)31-14-8-5-9-15-31)18-20-48-34-16-10-13-30(22-34)21-32-25-43(24-29-11-6-4-7-12-29)26-35(32)39(45)44-37-23-33-17-19-41(37,40(33,2)3)27-50(44,46)47/h4-16,22,32-33,35,37H,17-21,23-27H2,1-3H3/t32-,33?,35+,37?,41+/m0/s1. The van der Waals surface area contributed by atoms with Crippen molar-refractivity contribution in [2.45, 2.75) is 65.5 Å². The van der Waals surface area contributed by atoms with Crippen LogP contribution in [0.5, 0.6) is 5.75 Å². The van der Waals surface area contributed by atoms with E-state index in [0.717, 1.165) is 60.7 Å². The number of oxazole rings is 1. The zero-order chi connectivity index (χ0) is 34.7. The minimum Gasteiger partial charge on any atom is -0.493 e. The van der Waals surface area contributed by atoms with E-state index in [1.165, 1.54) is 9.87 Å². The van der Waals surface area contributed by atoms with Gasteiger partial charge in [0.2, 0.25) is 21.8 Å². The van der Waals surface area contributed by atoms with Crippen molar-refractivity contribution in [3.8, 4) is 17.2 Å². The molecule has 8 nitrogen and oxygen atoms in total. The average molecular weight is 694 g/mol. The number of nitrogens with zero attached hydrogens (tertiary/aromatic N) is 3. The Hall–Kier alpha value is -3.95. The quantitative estimate of drug-likeness (QED) is 0.178. The molecule has 50 heavy (non-hydrogen) atoms. The highest BCUT2D eigenvalue weighted by molar-refractivity contribution is 7.90. The summed E-state index contributed by atoms with van der Waals surface area (Å²) in [4.78, 5) is 21.7. The molecule has 8 rings (SSSR count). The maximum absolute atomic E-state index is 14.6. The molecule has 5 atom stereocenters. The van der Waals surface area contributed by atoms with Gasteiger partial charge in [0.1, 0.15) is 11.5 Å². The lowest BCUT2D eigenvalue weighted by Crippen LogP contribution is -2.47. The third kappa shape index (κ3) is 5.76. The van der Waals surface area contributed by atoms with Crippen molar-refractivity contribution >= 4 is 15.9 Å². The van der Waals surface area contributed by atoms with Gasteiger partial charge in [0.05, 0.1) is 30.0 Å².